The number of para-hydroxylation sites is 1. The minimum Gasteiger partial charge on any atom is -0.457 e. The summed E-state index contributed by atoms with van der Waals surface area (Å²) in [4.78, 5) is 16.5. The molecular formula is C19H17ClN4O3. The van der Waals surface area contributed by atoms with Crippen LogP contribution in [0.5, 0.6) is 0 Å². The minimum atomic E-state index is -0.638. The lowest BCUT2D eigenvalue weighted by molar-refractivity contribution is 0.146. The molecule has 138 valence electrons. The van der Waals surface area contributed by atoms with Crippen LogP contribution in [0.15, 0.2) is 47.0 Å². The van der Waals surface area contributed by atoms with Crippen molar-refractivity contribution in [2.45, 2.75) is 26.4 Å². The number of furan rings is 1. The maximum Gasteiger partial charge on any atom is 0.413 e. The average Bonchev–Trinajstić information content (AvgIpc) is 3.23. The molecule has 0 aliphatic heterocycles. The maximum absolute atomic E-state index is 12.2. The Labute approximate surface area is 159 Å². The zero-order valence-electron chi connectivity index (χ0n) is 14.8. The molecule has 8 heteroatoms. The van der Waals surface area contributed by atoms with Crippen molar-refractivity contribution in [2.24, 2.45) is 0 Å². The van der Waals surface area contributed by atoms with Crippen LogP contribution < -0.4 is 5.32 Å². The molecule has 3 heterocycles. The molecule has 0 spiro atoms. The Balaban J connectivity index is 1.50. The summed E-state index contributed by atoms with van der Waals surface area (Å²) in [5.74, 6) is 1.17. The van der Waals surface area contributed by atoms with Crippen molar-refractivity contribution < 1.29 is 13.9 Å². The summed E-state index contributed by atoms with van der Waals surface area (Å²) < 4.78 is 12.4. The fourth-order valence-corrected chi connectivity index (χ4v) is 3.02. The number of aromatic nitrogens is 3. The minimum absolute atomic E-state index is 0.0127. The monoisotopic (exact) mass is 384 g/mol. The van der Waals surface area contributed by atoms with Crippen LogP contribution in [0.1, 0.15) is 31.1 Å². The van der Waals surface area contributed by atoms with Crippen LogP contribution >= 0.6 is 11.6 Å². The molecule has 0 saturated heterocycles. The van der Waals surface area contributed by atoms with Crippen molar-refractivity contribution >= 4 is 40.1 Å². The van der Waals surface area contributed by atoms with Gasteiger partial charge in [-0.1, -0.05) is 43.6 Å². The Bertz CT molecular complexity index is 1100. The second-order valence-electron chi connectivity index (χ2n) is 6.41. The van der Waals surface area contributed by atoms with Crippen LogP contribution in [0.4, 0.5) is 10.6 Å². The number of rotatable bonds is 4. The zero-order valence-corrected chi connectivity index (χ0v) is 15.5. The van der Waals surface area contributed by atoms with Gasteiger partial charge in [0.25, 0.3) is 0 Å². The van der Waals surface area contributed by atoms with E-state index in [4.69, 9.17) is 20.8 Å². The smallest absolute Gasteiger partial charge is 0.413 e. The molecule has 3 aromatic heterocycles. The van der Waals surface area contributed by atoms with Gasteiger partial charge in [-0.3, -0.25) is 5.32 Å². The van der Waals surface area contributed by atoms with E-state index in [0.29, 0.717) is 17.2 Å². The first-order valence-electron chi connectivity index (χ1n) is 8.46. The molecule has 7 nitrogen and oxygen atoms in total. The molecule has 0 saturated carbocycles. The van der Waals surface area contributed by atoms with Crippen molar-refractivity contribution in [2.75, 3.05) is 5.32 Å². The lowest BCUT2D eigenvalue weighted by Gasteiger charge is -2.09. The normalized spacial score (nSPS) is 11.4. The zero-order chi connectivity index (χ0) is 19.0. The summed E-state index contributed by atoms with van der Waals surface area (Å²) >= 11 is 6.10. The number of carbonyl (C=O) groups excluding carboxylic acids is 1. The van der Waals surface area contributed by atoms with Gasteiger partial charge in [-0.2, -0.15) is 9.61 Å². The summed E-state index contributed by atoms with van der Waals surface area (Å²) in [5, 5.41) is 8.16. The van der Waals surface area contributed by atoms with Gasteiger partial charge < -0.3 is 9.15 Å². The highest BCUT2D eigenvalue weighted by atomic mass is 35.5. The van der Waals surface area contributed by atoms with Crippen molar-refractivity contribution in [3.8, 4) is 0 Å². The molecule has 0 radical (unpaired) electrons. The molecule has 0 aliphatic carbocycles. The Kier molecular flexibility index (Phi) is 4.45. The van der Waals surface area contributed by atoms with Gasteiger partial charge in [-0.15, -0.1) is 0 Å². The van der Waals surface area contributed by atoms with E-state index in [1.165, 1.54) is 10.6 Å². The fraction of sp³-hybridized carbons (Fsp3) is 0.211. The molecule has 1 amide bonds. The van der Waals surface area contributed by atoms with Gasteiger partial charge in [-0.05, 0) is 18.1 Å². The molecule has 0 fully saturated rings. The number of halogens is 1. The molecule has 4 aromatic rings. The Morgan fingerprint density at radius 3 is 2.93 bits per heavy atom. The molecule has 4 rings (SSSR count). The highest BCUT2D eigenvalue weighted by molar-refractivity contribution is 6.29. The lowest BCUT2D eigenvalue weighted by atomic mass is 10.1. The lowest BCUT2D eigenvalue weighted by Crippen LogP contribution is -2.16. The van der Waals surface area contributed by atoms with Crippen LogP contribution in [0.3, 0.4) is 0 Å². The van der Waals surface area contributed by atoms with Crippen LogP contribution in [0, 0.1) is 0 Å². The molecule has 0 unspecified atom stereocenters. The Morgan fingerprint density at radius 1 is 1.33 bits per heavy atom. The first-order valence-corrected chi connectivity index (χ1v) is 8.84. The van der Waals surface area contributed by atoms with Crippen molar-refractivity contribution in [3.05, 3.63) is 59.1 Å². The first-order chi connectivity index (χ1) is 13.0. The van der Waals surface area contributed by atoms with E-state index in [1.807, 2.05) is 44.2 Å². The standard InChI is InChI=1S/C19H17ClN4O3/c1-11(2)14-9-21-24-17(8-16(20)22-18(14)24)23-19(25)26-10-13-7-12-5-3-4-6-15(12)27-13/h3-9,11H,10H2,1-2H3,(H,23,25). The van der Waals surface area contributed by atoms with Gasteiger partial charge in [0.05, 0.1) is 6.20 Å². The summed E-state index contributed by atoms with van der Waals surface area (Å²) in [6.45, 7) is 4.08. The van der Waals surface area contributed by atoms with Crippen molar-refractivity contribution in [1.82, 2.24) is 14.6 Å². The Morgan fingerprint density at radius 2 is 2.15 bits per heavy atom. The van der Waals surface area contributed by atoms with Crippen LogP contribution in [-0.4, -0.2) is 20.7 Å². The molecule has 27 heavy (non-hydrogen) atoms. The number of carbonyl (C=O) groups is 1. The Hall–Kier alpha value is -3.06. The number of hydrogen-bond acceptors (Lipinski definition) is 5. The van der Waals surface area contributed by atoms with E-state index in [-0.39, 0.29) is 17.7 Å². The number of fused-ring (bicyclic) bond motifs is 2. The fourth-order valence-electron chi connectivity index (χ4n) is 2.83. The van der Waals surface area contributed by atoms with Gasteiger partial charge in [0.1, 0.15) is 22.3 Å². The van der Waals surface area contributed by atoms with E-state index in [0.717, 1.165) is 16.5 Å². The molecule has 0 bridgehead atoms. The quantitative estimate of drug-likeness (QED) is 0.500. The molecule has 1 aromatic carbocycles. The highest BCUT2D eigenvalue weighted by Crippen LogP contribution is 2.24. The average molecular weight is 385 g/mol. The summed E-state index contributed by atoms with van der Waals surface area (Å²) in [6.07, 6.45) is 1.08. The van der Waals surface area contributed by atoms with Gasteiger partial charge in [0.15, 0.2) is 12.3 Å². The second kappa shape index (κ2) is 6.92. The topological polar surface area (TPSA) is 81.7 Å². The van der Waals surface area contributed by atoms with Crippen molar-refractivity contribution in [3.63, 3.8) is 0 Å². The van der Waals surface area contributed by atoms with E-state index < -0.39 is 6.09 Å². The van der Waals surface area contributed by atoms with Crippen LogP contribution in [0.25, 0.3) is 16.6 Å². The van der Waals surface area contributed by atoms with Gasteiger partial charge >= 0.3 is 6.09 Å². The third-order valence-electron chi connectivity index (χ3n) is 4.14. The third-order valence-corrected chi connectivity index (χ3v) is 4.34. The number of anilines is 1. The second-order valence-corrected chi connectivity index (χ2v) is 6.79. The van der Waals surface area contributed by atoms with Crippen LogP contribution in [-0.2, 0) is 11.3 Å². The van der Waals surface area contributed by atoms with Gasteiger partial charge in [0.2, 0.25) is 0 Å². The van der Waals surface area contributed by atoms with Gasteiger partial charge in [-0.25, -0.2) is 9.78 Å². The number of amides is 1. The number of ether oxygens (including phenoxy) is 1. The summed E-state index contributed by atoms with van der Waals surface area (Å²) in [7, 11) is 0. The predicted molar refractivity (Wildman–Crippen MR) is 102 cm³/mol. The number of nitrogens with one attached hydrogen (secondary N) is 1. The molecular weight excluding hydrogens is 368 g/mol. The summed E-state index contributed by atoms with van der Waals surface area (Å²) in [5.41, 5.74) is 2.29. The van der Waals surface area contributed by atoms with Crippen molar-refractivity contribution in [1.29, 1.82) is 0 Å². The highest BCUT2D eigenvalue weighted by Gasteiger charge is 2.15. The van der Waals surface area contributed by atoms with Gasteiger partial charge in [0, 0.05) is 17.0 Å². The van der Waals surface area contributed by atoms with E-state index in [9.17, 15) is 4.79 Å². The first kappa shape index (κ1) is 17.4. The van der Waals surface area contributed by atoms with E-state index in [1.54, 1.807) is 6.20 Å². The predicted octanol–water partition coefficient (Wildman–Crippen LogP) is 5.00. The summed E-state index contributed by atoms with van der Waals surface area (Å²) in [6, 6.07) is 11.0. The molecule has 1 N–H and O–H groups in total. The number of nitrogens with zero attached hydrogens (tertiary/aromatic N) is 3. The van der Waals surface area contributed by atoms with Crippen LogP contribution in [0.2, 0.25) is 5.15 Å². The molecule has 0 atom stereocenters. The largest absolute Gasteiger partial charge is 0.457 e. The number of benzene rings is 1. The number of hydrogen-bond donors (Lipinski definition) is 1. The molecule has 0 aliphatic rings. The maximum atomic E-state index is 12.2. The third kappa shape index (κ3) is 3.46. The van der Waals surface area contributed by atoms with E-state index >= 15 is 0 Å². The SMILES string of the molecule is CC(C)c1cnn2c(NC(=O)OCc3cc4ccccc4o3)cc(Cl)nc12. The van der Waals surface area contributed by atoms with E-state index in [2.05, 4.69) is 15.4 Å².